The number of rotatable bonds is 8. The summed E-state index contributed by atoms with van der Waals surface area (Å²) in [5.41, 5.74) is 2.99. The third-order valence-electron chi connectivity index (χ3n) is 6.57. The van der Waals surface area contributed by atoms with Crippen molar-refractivity contribution < 1.29 is 14.6 Å². The highest BCUT2D eigenvalue weighted by molar-refractivity contribution is 5.70. The minimum Gasteiger partial charge on any atom is -0.489 e. The molecule has 3 aromatic heterocycles. The maximum Gasteiger partial charge on any atom is 0.306 e. The Labute approximate surface area is 191 Å². The molecule has 2 aliphatic rings. The zero-order valence-corrected chi connectivity index (χ0v) is 18.9. The summed E-state index contributed by atoms with van der Waals surface area (Å²) in [6, 6.07) is 3.76. The Morgan fingerprint density at radius 2 is 2.03 bits per heavy atom. The van der Waals surface area contributed by atoms with Gasteiger partial charge in [-0.05, 0) is 73.9 Å². The Morgan fingerprint density at radius 3 is 2.79 bits per heavy atom. The minimum absolute atomic E-state index is 0.108. The second kappa shape index (κ2) is 8.87. The standard InChI is InChI=1S/C22H28N8O3/c1-13-19(33-16-5-3-4-15(11-16)22(31)32)9-8-17(23-13)21-18(29(2)27-25-21)12-30-20(24-26-28-30)10-14-6-7-14/h8-9,14-16H,3-7,10-12H2,1-2H3,(H,31,32)/t15-,16-/m0/s1. The molecule has 0 bridgehead atoms. The molecule has 2 aliphatic carbocycles. The SMILES string of the molecule is Cc1nc(-c2nnn(C)c2Cn2nnnc2CC2CC2)ccc1O[C@H]1CCC[C@H](C(=O)O)C1. The fourth-order valence-corrected chi connectivity index (χ4v) is 4.43. The maximum atomic E-state index is 11.3. The van der Waals surface area contributed by atoms with E-state index in [1.165, 1.54) is 12.8 Å². The number of pyridine rings is 1. The Morgan fingerprint density at radius 1 is 1.18 bits per heavy atom. The number of tetrazole rings is 1. The van der Waals surface area contributed by atoms with Gasteiger partial charge in [0.25, 0.3) is 0 Å². The van der Waals surface area contributed by atoms with Crippen LogP contribution in [0.15, 0.2) is 12.1 Å². The third-order valence-corrected chi connectivity index (χ3v) is 6.57. The summed E-state index contributed by atoms with van der Waals surface area (Å²) in [5, 5.41) is 30.1. The van der Waals surface area contributed by atoms with E-state index in [-0.39, 0.29) is 12.0 Å². The summed E-state index contributed by atoms with van der Waals surface area (Å²) in [5.74, 6) is 1.16. The molecule has 0 saturated heterocycles. The van der Waals surface area contributed by atoms with E-state index in [2.05, 4.69) is 25.8 Å². The van der Waals surface area contributed by atoms with Crippen molar-refractivity contribution in [2.75, 3.05) is 0 Å². The molecule has 2 fully saturated rings. The molecule has 33 heavy (non-hydrogen) atoms. The van der Waals surface area contributed by atoms with Crippen LogP contribution < -0.4 is 4.74 Å². The van der Waals surface area contributed by atoms with Gasteiger partial charge in [0, 0.05) is 13.5 Å². The van der Waals surface area contributed by atoms with E-state index in [1.807, 2.05) is 30.8 Å². The van der Waals surface area contributed by atoms with Crippen LogP contribution in [0.25, 0.3) is 11.4 Å². The van der Waals surface area contributed by atoms with Gasteiger partial charge in [-0.1, -0.05) is 5.21 Å². The van der Waals surface area contributed by atoms with E-state index in [0.29, 0.717) is 42.4 Å². The molecular formula is C22H28N8O3. The molecule has 1 N–H and O–H groups in total. The molecule has 3 heterocycles. The molecule has 3 aromatic rings. The van der Waals surface area contributed by atoms with Gasteiger partial charge in [0.1, 0.15) is 11.4 Å². The molecule has 0 aliphatic heterocycles. The van der Waals surface area contributed by atoms with Crippen molar-refractivity contribution in [2.45, 2.75) is 64.5 Å². The number of carboxylic acid groups (broad SMARTS) is 1. The Kier molecular flexibility index (Phi) is 5.77. The van der Waals surface area contributed by atoms with Crippen LogP contribution in [0.5, 0.6) is 5.75 Å². The van der Waals surface area contributed by atoms with E-state index < -0.39 is 5.97 Å². The first-order valence-electron chi connectivity index (χ1n) is 11.5. The van der Waals surface area contributed by atoms with Crippen LogP contribution in [0.3, 0.4) is 0 Å². The van der Waals surface area contributed by atoms with Gasteiger partial charge in [-0.25, -0.2) is 14.3 Å². The molecule has 11 nitrogen and oxygen atoms in total. The number of aromatic nitrogens is 8. The van der Waals surface area contributed by atoms with Crippen molar-refractivity contribution in [3.63, 3.8) is 0 Å². The monoisotopic (exact) mass is 452 g/mol. The van der Waals surface area contributed by atoms with Gasteiger partial charge in [-0.2, -0.15) is 0 Å². The summed E-state index contributed by atoms with van der Waals surface area (Å²) < 4.78 is 9.68. The van der Waals surface area contributed by atoms with Crippen LogP contribution in [0.4, 0.5) is 0 Å². The summed E-state index contributed by atoms with van der Waals surface area (Å²) in [7, 11) is 1.85. The van der Waals surface area contributed by atoms with Crippen LogP contribution in [0.1, 0.15) is 55.7 Å². The van der Waals surface area contributed by atoms with Crippen LogP contribution >= 0.6 is 0 Å². The normalized spacial score (nSPS) is 20.7. The Bertz CT molecular complexity index is 1150. The molecular weight excluding hydrogens is 424 g/mol. The number of hydrogen-bond acceptors (Lipinski definition) is 8. The summed E-state index contributed by atoms with van der Waals surface area (Å²) >= 11 is 0. The first kappa shape index (κ1) is 21.5. The largest absolute Gasteiger partial charge is 0.489 e. The van der Waals surface area contributed by atoms with Gasteiger partial charge in [0.15, 0.2) is 5.82 Å². The number of hydrogen-bond donors (Lipinski definition) is 1. The lowest BCUT2D eigenvalue weighted by Crippen LogP contribution is -2.29. The molecule has 0 aromatic carbocycles. The number of carboxylic acids is 1. The third kappa shape index (κ3) is 4.71. The summed E-state index contributed by atoms with van der Waals surface area (Å²) in [6.07, 6.45) is 6.21. The fourth-order valence-electron chi connectivity index (χ4n) is 4.43. The molecule has 2 saturated carbocycles. The molecule has 0 unspecified atom stereocenters. The van der Waals surface area contributed by atoms with Gasteiger partial charge >= 0.3 is 5.97 Å². The van der Waals surface area contributed by atoms with Crippen LogP contribution in [0.2, 0.25) is 0 Å². The maximum absolute atomic E-state index is 11.3. The van der Waals surface area contributed by atoms with Gasteiger partial charge in [0.05, 0.1) is 35.6 Å². The number of ether oxygens (including phenoxy) is 1. The van der Waals surface area contributed by atoms with Crippen LogP contribution in [-0.2, 0) is 24.8 Å². The van der Waals surface area contributed by atoms with Crippen LogP contribution in [0, 0.1) is 18.8 Å². The number of nitrogens with zero attached hydrogens (tertiary/aromatic N) is 8. The van der Waals surface area contributed by atoms with E-state index in [4.69, 9.17) is 9.72 Å². The topological polar surface area (TPSA) is 134 Å². The average Bonchev–Trinajstić information content (AvgIpc) is 3.40. The Hall–Kier alpha value is -3.37. The lowest BCUT2D eigenvalue weighted by Gasteiger charge is -2.27. The first-order chi connectivity index (χ1) is 16.0. The second-order valence-electron chi connectivity index (χ2n) is 9.13. The van der Waals surface area contributed by atoms with Crippen molar-refractivity contribution in [1.82, 2.24) is 40.2 Å². The van der Waals surface area contributed by atoms with Crippen LogP contribution in [-0.4, -0.2) is 57.4 Å². The predicted octanol–water partition coefficient (Wildman–Crippen LogP) is 2.20. The van der Waals surface area contributed by atoms with Gasteiger partial charge in [-0.15, -0.1) is 10.2 Å². The molecule has 0 spiro atoms. The van der Waals surface area contributed by atoms with Crippen molar-refractivity contribution >= 4 is 5.97 Å². The highest BCUT2D eigenvalue weighted by Gasteiger charge is 2.29. The fraction of sp³-hybridized carbons (Fsp3) is 0.591. The Balaban J connectivity index is 1.34. The smallest absolute Gasteiger partial charge is 0.306 e. The highest BCUT2D eigenvalue weighted by Crippen LogP contribution is 2.32. The lowest BCUT2D eigenvalue weighted by molar-refractivity contribution is -0.143. The quantitative estimate of drug-likeness (QED) is 0.546. The van der Waals surface area contributed by atoms with Crippen molar-refractivity contribution in [1.29, 1.82) is 0 Å². The van der Waals surface area contributed by atoms with E-state index in [1.54, 1.807) is 4.68 Å². The number of aliphatic carboxylic acids is 1. The zero-order chi connectivity index (χ0) is 22.9. The summed E-state index contributed by atoms with van der Waals surface area (Å²) in [4.78, 5) is 16.1. The van der Waals surface area contributed by atoms with Crippen molar-refractivity contribution in [2.24, 2.45) is 18.9 Å². The number of aryl methyl sites for hydroxylation is 2. The molecule has 11 heteroatoms. The lowest BCUT2D eigenvalue weighted by atomic mass is 9.87. The zero-order valence-electron chi connectivity index (χ0n) is 18.9. The number of carbonyl (C=O) groups is 1. The molecule has 0 amide bonds. The predicted molar refractivity (Wildman–Crippen MR) is 116 cm³/mol. The van der Waals surface area contributed by atoms with Gasteiger partial charge in [0.2, 0.25) is 0 Å². The van der Waals surface area contributed by atoms with E-state index in [0.717, 1.165) is 36.5 Å². The minimum atomic E-state index is -0.744. The van der Waals surface area contributed by atoms with Gasteiger partial charge < -0.3 is 9.84 Å². The van der Waals surface area contributed by atoms with Crippen molar-refractivity contribution in [3.8, 4) is 17.1 Å². The van der Waals surface area contributed by atoms with E-state index >= 15 is 0 Å². The molecule has 0 radical (unpaired) electrons. The molecule has 174 valence electrons. The highest BCUT2D eigenvalue weighted by atomic mass is 16.5. The molecule has 2 atom stereocenters. The first-order valence-corrected chi connectivity index (χ1v) is 11.5. The molecule has 5 rings (SSSR count). The van der Waals surface area contributed by atoms with E-state index in [9.17, 15) is 9.90 Å². The average molecular weight is 453 g/mol. The van der Waals surface area contributed by atoms with Gasteiger partial charge in [-0.3, -0.25) is 4.79 Å². The summed E-state index contributed by atoms with van der Waals surface area (Å²) in [6.45, 7) is 2.35. The second-order valence-corrected chi connectivity index (χ2v) is 9.13. The van der Waals surface area contributed by atoms with Crippen molar-refractivity contribution in [3.05, 3.63) is 29.3 Å².